The van der Waals surface area contributed by atoms with E-state index >= 15 is 0 Å². The molecule has 1 aliphatic rings. The van der Waals surface area contributed by atoms with E-state index in [1.807, 2.05) is 11.4 Å². The Morgan fingerprint density at radius 1 is 1.59 bits per heavy atom. The normalized spacial score (nSPS) is 23.6. The van der Waals surface area contributed by atoms with Gasteiger partial charge >= 0.3 is 6.23 Å². The zero-order valence-corrected chi connectivity index (χ0v) is 10.2. The minimum absolute atomic E-state index is 0.176. The van der Waals surface area contributed by atoms with E-state index in [2.05, 4.69) is 0 Å². The smallest absolute Gasteiger partial charge is 0.365 e. The molecule has 90 valence electrons. The van der Waals surface area contributed by atoms with Crippen LogP contribution in [0.4, 0.5) is 0 Å². The number of ketones is 1. The lowest BCUT2D eigenvalue weighted by Gasteiger charge is -2.11. The van der Waals surface area contributed by atoms with Crippen molar-refractivity contribution >= 4 is 17.1 Å². The summed E-state index contributed by atoms with van der Waals surface area (Å²) in [6.45, 7) is 3.01. The van der Waals surface area contributed by atoms with E-state index in [0.717, 1.165) is 4.88 Å². The zero-order valence-electron chi connectivity index (χ0n) is 9.38. The van der Waals surface area contributed by atoms with Crippen LogP contribution < -0.4 is 0 Å². The van der Waals surface area contributed by atoms with Gasteiger partial charge in [0.15, 0.2) is 5.78 Å². The summed E-state index contributed by atoms with van der Waals surface area (Å²) >= 11 is 1.39. The van der Waals surface area contributed by atoms with E-state index in [0.29, 0.717) is 11.3 Å². The molecular formula is C11H11NO4S. The predicted molar refractivity (Wildman–Crippen MR) is 62.3 cm³/mol. The van der Waals surface area contributed by atoms with Crippen molar-refractivity contribution < 1.29 is 14.5 Å². The van der Waals surface area contributed by atoms with E-state index in [9.17, 15) is 14.9 Å². The first-order valence-corrected chi connectivity index (χ1v) is 5.95. The summed E-state index contributed by atoms with van der Waals surface area (Å²) < 4.78 is 5.20. The molecule has 0 radical (unpaired) electrons. The molecule has 1 aromatic heterocycles. The highest BCUT2D eigenvalue weighted by Gasteiger charge is 2.46. The Hall–Kier alpha value is -1.69. The number of Topliss-reactive ketones (excluding diaryl/α,β-unsaturated/α-hetero) is 1. The number of hydrogen-bond acceptors (Lipinski definition) is 5. The number of thiophene rings is 1. The van der Waals surface area contributed by atoms with Gasteiger partial charge in [-0.05, 0) is 25.3 Å². The first-order valence-electron chi connectivity index (χ1n) is 5.07. The largest absolute Gasteiger partial charge is 0.434 e. The van der Waals surface area contributed by atoms with Crippen LogP contribution in [0, 0.1) is 10.1 Å². The van der Waals surface area contributed by atoms with E-state index in [4.69, 9.17) is 4.74 Å². The third-order valence-electron chi connectivity index (χ3n) is 2.71. The van der Waals surface area contributed by atoms with E-state index in [1.165, 1.54) is 18.3 Å². The average Bonchev–Trinajstić information content (AvgIpc) is 2.82. The lowest BCUT2D eigenvalue weighted by atomic mass is 9.94. The minimum Gasteiger partial charge on any atom is -0.434 e. The molecule has 0 bridgehead atoms. The molecule has 0 fully saturated rings. The SMILES string of the molecule is CC(=O)C1=C(C)OC([N+](=O)[O-])C1c1cccs1. The quantitative estimate of drug-likeness (QED) is 0.612. The molecule has 0 N–H and O–H groups in total. The molecule has 0 aliphatic carbocycles. The number of hydrogen-bond donors (Lipinski definition) is 0. The van der Waals surface area contributed by atoms with Gasteiger partial charge in [0.2, 0.25) is 0 Å². The van der Waals surface area contributed by atoms with Crippen LogP contribution in [0.15, 0.2) is 28.8 Å². The van der Waals surface area contributed by atoms with Crippen molar-refractivity contribution in [2.24, 2.45) is 0 Å². The van der Waals surface area contributed by atoms with Crippen LogP contribution >= 0.6 is 11.3 Å². The van der Waals surface area contributed by atoms with Crippen molar-refractivity contribution in [1.29, 1.82) is 0 Å². The highest BCUT2D eigenvalue weighted by molar-refractivity contribution is 7.10. The van der Waals surface area contributed by atoms with Crippen molar-refractivity contribution in [3.63, 3.8) is 0 Å². The third kappa shape index (κ3) is 1.95. The van der Waals surface area contributed by atoms with E-state index in [-0.39, 0.29) is 5.78 Å². The Labute approximate surface area is 102 Å². The molecule has 2 unspecified atom stereocenters. The van der Waals surface area contributed by atoms with E-state index in [1.54, 1.807) is 13.0 Å². The van der Waals surface area contributed by atoms with Gasteiger partial charge in [-0.1, -0.05) is 6.07 Å². The molecule has 17 heavy (non-hydrogen) atoms. The van der Waals surface area contributed by atoms with Crippen LogP contribution in [0.2, 0.25) is 0 Å². The molecule has 2 rings (SSSR count). The summed E-state index contributed by atoms with van der Waals surface area (Å²) in [4.78, 5) is 22.8. The lowest BCUT2D eigenvalue weighted by molar-refractivity contribution is -0.570. The average molecular weight is 253 g/mol. The van der Waals surface area contributed by atoms with Crippen molar-refractivity contribution in [3.8, 4) is 0 Å². The van der Waals surface area contributed by atoms with Crippen LogP contribution in [-0.2, 0) is 9.53 Å². The van der Waals surface area contributed by atoms with Crippen molar-refractivity contribution in [2.75, 3.05) is 0 Å². The van der Waals surface area contributed by atoms with Gasteiger partial charge in [0.05, 0.1) is 10.5 Å². The molecule has 1 aromatic rings. The number of ether oxygens (including phenoxy) is 1. The monoisotopic (exact) mass is 253 g/mol. The fourth-order valence-electron chi connectivity index (χ4n) is 2.06. The first-order chi connectivity index (χ1) is 8.02. The molecule has 2 heterocycles. The van der Waals surface area contributed by atoms with E-state index < -0.39 is 17.1 Å². The maximum atomic E-state index is 11.6. The number of nitro groups is 1. The van der Waals surface area contributed by atoms with Gasteiger partial charge in [0, 0.05) is 4.88 Å². The zero-order chi connectivity index (χ0) is 12.6. The molecule has 0 saturated heterocycles. The summed E-state index contributed by atoms with van der Waals surface area (Å²) in [5, 5.41) is 12.8. The second kappa shape index (κ2) is 4.29. The molecule has 0 amide bonds. The predicted octanol–water partition coefficient (Wildman–Crippen LogP) is 2.33. The highest BCUT2D eigenvalue weighted by Crippen LogP contribution is 2.41. The Morgan fingerprint density at radius 3 is 2.76 bits per heavy atom. The first kappa shape index (κ1) is 11.8. The van der Waals surface area contributed by atoms with Gasteiger partial charge in [0.25, 0.3) is 0 Å². The van der Waals surface area contributed by atoms with Crippen LogP contribution in [-0.4, -0.2) is 16.9 Å². The second-order valence-electron chi connectivity index (χ2n) is 3.81. The van der Waals surface area contributed by atoms with Crippen LogP contribution in [0.25, 0.3) is 0 Å². The summed E-state index contributed by atoms with van der Waals surface area (Å²) in [5.41, 5.74) is 0.411. The number of rotatable bonds is 3. The Balaban J connectivity index is 2.47. The lowest BCUT2D eigenvalue weighted by Crippen LogP contribution is -2.26. The number of carbonyl (C=O) groups excluding carboxylic acids is 1. The van der Waals surface area contributed by atoms with Gasteiger partial charge in [-0.15, -0.1) is 11.3 Å². The molecule has 0 aromatic carbocycles. The van der Waals surface area contributed by atoms with Gasteiger partial charge < -0.3 is 4.74 Å². The topological polar surface area (TPSA) is 69.4 Å². The summed E-state index contributed by atoms with van der Waals surface area (Å²) in [7, 11) is 0. The molecule has 0 saturated carbocycles. The van der Waals surface area contributed by atoms with Crippen LogP contribution in [0.3, 0.4) is 0 Å². The Bertz CT molecular complexity index is 492. The fourth-order valence-corrected chi connectivity index (χ4v) is 2.91. The van der Waals surface area contributed by atoms with Gasteiger partial charge in [-0.25, -0.2) is 0 Å². The highest BCUT2D eigenvalue weighted by atomic mass is 32.1. The standard InChI is InChI=1S/C11H11NO4S/c1-6(13)9-7(2)16-11(12(14)15)10(9)8-4-3-5-17-8/h3-5,10-11H,1-2H3. The number of carbonyl (C=O) groups is 1. The molecule has 2 atom stereocenters. The van der Waals surface area contributed by atoms with Gasteiger partial charge in [-0.3, -0.25) is 14.9 Å². The maximum Gasteiger partial charge on any atom is 0.365 e. The minimum atomic E-state index is -1.19. The third-order valence-corrected chi connectivity index (χ3v) is 3.67. The van der Waals surface area contributed by atoms with Crippen LogP contribution in [0.1, 0.15) is 24.6 Å². The fraction of sp³-hybridized carbons (Fsp3) is 0.364. The molecular weight excluding hydrogens is 242 g/mol. The van der Waals surface area contributed by atoms with Crippen LogP contribution in [0.5, 0.6) is 0 Å². The Kier molecular flexibility index (Phi) is 2.97. The molecule has 1 aliphatic heterocycles. The number of nitrogens with zero attached hydrogens (tertiary/aromatic N) is 1. The summed E-state index contributed by atoms with van der Waals surface area (Å²) in [6, 6.07) is 3.60. The molecule has 5 nitrogen and oxygen atoms in total. The molecule has 6 heteroatoms. The maximum absolute atomic E-state index is 11.6. The summed E-state index contributed by atoms with van der Waals surface area (Å²) in [6.07, 6.45) is -1.19. The van der Waals surface area contributed by atoms with Gasteiger partial charge in [-0.2, -0.15) is 0 Å². The second-order valence-corrected chi connectivity index (χ2v) is 4.79. The van der Waals surface area contributed by atoms with Crippen molar-refractivity contribution in [1.82, 2.24) is 0 Å². The Morgan fingerprint density at radius 2 is 2.29 bits per heavy atom. The van der Waals surface area contributed by atoms with Crippen molar-refractivity contribution in [2.45, 2.75) is 26.0 Å². The van der Waals surface area contributed by atoms with Crippen molar-refractivity contribution in [3.05, 3.63) is 43.8 Å². The number of allylic oxidation sites excluding steroid dienone is 1. The summed E-state index contributed by atoms with van der Waals surface area (Å²) in [5.74, 6) is -0.398. The van der Waals surface area contributed by atoms with Gasteiger partial charge in [0.1, 0.15) is 11.7 Å². The molecule has 0 spiro atoms.